The standard InChI is InChI=1S/C23H24FN3O4/c24-14-11-27(12-14)23(30)21-20-16(13-26-8-2-1-3-9-26)18(29)6-7-19(20)31-22(21)17-5-4-15(28)10-25-17/h4-7,10,14,28-29H,1-3,8-9,11-13H2. The zero-order chi connectivity index (χ0) is 21.5. The average molecular weight is 425 g/mol. The lowest BCUT2D eigenvalue weighted by molar-refractivity contribution is 0.0402. The normalized spacial score (nSPS) is 17.8. The van der Waals surface area contributed by atoms with Crippen LogP contribution in [-0.2, 0) is 6.54 Å². The van der Waals surface area contributed by atoms with Crippen LogP contribution in [0.3, 0.4) is 0 Å². The van der Waals surface area contributed by atoms with Gasteiger partial charge in [-0.15, -0.1) is 0 Å². The van der Waals surface area contributed by atoms with Gasteiger partial charge in [0, 0.05) is 17.5 Å². The van der Waals surface area contributed by atoms with Gasteiger partial charge in [0.1, 0.15) is 28.9 Å². The molecule has 2 aromatic heterocycles. The number of carbonyl (C=O) groups is 1. The number of alkyl halides is 1. The van der Waals surface area contributed by atoms with Crippen LogP contribution in [0, 0.1) is 0 Å². The Morgan fingerprint density at radius 1 is 1.13 bits per heavy atom. The maximum Gasteiger partial charge on any atom is 0.258 e. The summed E-state index contributed by atoms with van der Waals surface area (Å²) in [5, 5.41) is 20.9. The van der Waals surface area contributed by atoms with Gasteiger partial charge in [-0.3, -0.25) is 9.69 Å². The minimum atomic E-state index is -1.03. The van der Waals surface area contributed by atoms with Crippen LogP contribution in [0.4, 0.5) is 4.39 Å². The monoisotopic (exact) mass is 425 g/mol. The second-order valence-corrected chi connectivity index (χ2v) is 8.29. The fourth-order valence-electron chi connectivity index (χ4n) is 4.40. The lowest BCUT2D eigenvalue weighted by Crippen LogP contribution is -2.51. The minimum absolute atomic E-state index is 0.000756. The number of aromatic nitrogens is 1. The third-order valence-electron chi connectivity index (χ3n) is 6.09. The van der Waals surface area contributed by atoms with Crippen molar-refractivity contribution in [2.24, 2.45) is 0 Å². The molecule has 3 aromatic rings. The number of piperidine rings is 1. The number of furan rings is 1. The topological polar surface area (TPSA) is 90.0 Å². The molecule has 0 unspecified atom stereocenters. The average Bonchev–Trinajstić information content (AvgIpc) is 3.14. The van der Waals surface area contributed by atoms with Crippen LogP contribution in [-0.4, -0.2) is 63.3 Å². The summed E-state index contributed by atoms with van der Waals surface area (Å²) >= 11 is 0. The highest BCUT2D eigenvalue weighted by Crippen LogP contribution is 2.40. The summed E-state index contributed by atoms with van der Waals surface area (Å²) in [4.78, 5) is 21.3. The first-order valence-corrected chi connectivity index (χ1v) is 10.6. The van der Waals surface area contributed by atoms with Crippen LogP contribution >= 0.6 is 0 Å². The number of amides is 1. The Hall–Kier alpha value is -3.13. The maximum atomic E-state index is 13.5. The SMILES string of the molecule is O=C(c1c(-c2ccc(O)cn2)oc2ccc(O)c(CN3CCCCC3)c12)N1CC(F)C1. The number of aromatic hydroxyl groups is 2. The molecule has 0 spiro atoms. The van der Waals surface area contributed by atoms with E-state index in [2.05, 4.69) is 9.88 Å². The largest absolute Gasteiger partial charge is 0.508 e. The smallest absolute Gasteiger partial charge is 0.258 e. The van der Waals surface area contributed by atoms with E-state index in [9.17, 15) is 19.4 Å². The van der Waals surface area contributed by atoms with E-state index < -0.39 is 6.17 Å². The van der Waals surface area contributed by atoms with Crippen molar-refractivity contribution in [1.29, 1.82) is 0 Å². The number of benzene rings is 1. The quantitative estimate of drug-likeness (QED) is 0.663. The molecule has 1 amide bonds. The second kappa shape index (κ2) is 7.85. The predicted octanol–water partition coefficient (Wildman–Crippen LogP) is 3.69. The fourth-order valence-corrected chi connectivity index (χ4v) is 4.40. The number of pyridine rings is 1. The van der Waals surface area contributed by atoms with Gasteiger partial charge in [-0.1, -0.05) is 6.42 Å². The van der Waals surface area contributed by atoms with Crippen molar-refractivity contribution in [2.45, 2.75) is 32.0 Å². The molecule has 1 aromatic carbocycles. The van der Waals surface area contributed by atoms with Crippen LogP contribution < -0.4 is 0 Å². The number of halogens is 1. The van der Waals surface area contributed by atoms with Crippen molar-refractivity contribution in [3.63, 3.8) is 0 Å². The van der Waals surface area contributed by atoms with E-state index in [1.807, 2.05) is 0 Å². The highest BCUT2D eigenvalue weighted by atomic mass is 19.1. The van der Waals surface area contributed by atoms with E-state index in [1.54, 1.807) is 18.2 Å². The Labute approximate surface area is 178 Å². The van der Waals surface area contributed by atoms with Crippen molar-refractivity contribution < 1.29 is 23.8 Å². The van der Waals surface area contributed by atoms with Crippen LogP contribution in [0.15, 0.2) is 34.9 Å². The number of phenols is 1. The molecule has 0 radical (unpaired) electrons. The molecule has 5 rings (SSSR count). The molecule has 8 heteroatoms. The van der Waals surface area contributed by atoms with Crippen LogP contribution in [0.1, 0.15) is 35.2 Å². The number of hydrogen-bond donors (Lipinski definition) is 2. The Morgan fingerprint density at radius 2 is 1.90 bits per heavy atom. The number of phenolic OH excluding ortho intramolecular Hbond substituents is 1. The number of hydrogen-bond acceptors (Lipinski definition) is 6. The Balaban J connectivity index is 1.67. The molecule has 2 aliphatic heterocycles. The molecule has 0 saturated carbocycles. The maximum absolute atomic E-state index is 13.5. The number of carbonyl (C=O) groups excluding carboxylic acids is 1. The van der Waals surface area contributed by atoms with Gasteiger partial charge in [-0.2, -0.15) is 0 Å². The van der Waals surface area contributed by atoms with Crippen molar-refractivity contribution >= 4 is 16.9 Å². The van der Waals surface area contributed by atoms with E-state index in [4.69, 9.17) is 4.42 Å². The lowest BCUT2D eigenvalue weighted by Gasteiger charge is -2.34. The van der Waals surface area contributed by atoms with Crippen molar-refractivity contribution in [3.8, 4) is 23.0 Å². The molecule has 162 valence electrons. The summed E-state index contributed by atoms with van der Waals surface area (Å²) in [5.74, 6) is 0.0140. The minimum Gasteiger partial charge on any atom is -0.508 e. The van der Waals surface area contributed by atoms with Crippen molar-refractivity contribution in [1.82, 2.24) is 14.8 Å². The highest BCUT2D eigenvalue weighted by molar-refractivity contribution is 6.12. The molecule has 2 aliphatic rings. The van der Waals surface area contributed by atoms with Gasteiger partial charge in [-0.05, 0) is 50.2 Å². The van der Waals surface area contributed by atoms with Gasteiger partial charge in [0.05, 0.1) is 24.8 Å². The van der Waals surface area contributed by atoms with Gasteiger partial charge in [-0.25, -0.2) is 9.37 Å². The van der Waals surface area contributed by atoms with Crippen LogP contribution in [0.25, 0.3) is 22.4 Å². The molecular weight excluding hydrogens is 401 g/mol. The molecule has 31 heavy (non-hydrogen) atoms. The summed E-state index contributed by atoms with van der Waals surface area (Å²) in [6.07, 6.45) is 3.64. The highest BCUT2D eigenvalue weighted by Gasteiger charge is 2.36. The van der Waals surface area contributed by atoms with Gasteiger partial charge in [0.2, 0.25) is 0 Å². The van der Waals surface area contributed by atoms with E-state index in [0.29, 0.717) is 28.8 Å². The van der Waals surface area contributed by atoms with Gasteiger partial charge < -0.3 is 19.5 Å². The predicted molar refractivity (Wildman–Crippen MR) is 113 cm³/mol. The van der Waals surface area contributed by atoms with Crippen LogP contribution in [0.2, 0.25) is 0 Å². The summed E-state index contributed by atoms with van der Waals surface area (Å²) in [6, 6.07) is 6.26. The fraction of sp³-hybridized carbons (Fsp3) is 0.391. The molecule has 4 heterocycles. The number of nitrogens with zero attached hydrogens (tertiary/aromatic N) is 3. The van der Waals surface area contributed by atoms with E-state index in [1.165, 1.54) is 23.6 Å². The second-order valence-electron chi connectivity index (χ2n) is 8.29. The van der Waals surface area contributed by atoms with Crippen LogP contribution in [0.5, 0.6) is 11.5 Å². The zero-order valence-corrected chi connectivity index (χ0v) is 17.1. The van der Waals surface area contributed by atoms with E-state index in [-0.39, 0.29) is 41.8 Å². The molecule has 0 atom stereocenters. The molecule has 2 fully saturated rings. The Morgan fingerprint density at radius 3 is 2.58 bits per heavy atom. The third-order valence-corrected chi connectivity index (χ3v) is 6.09. The first kappa shape index (κ1) is 19.8. The summed E-state index contributed by atoms with van der Waals surface area (Å²) in [7, 11) is 0. The third kappa shape index (κ3) is 3.61. The van der Waals surface area contributed by atoms with E-state index >= 15 is 0 Å². The summed E-state index contributed by atoms with van der Waals surface area (Å²) < 4.78 is 19.6. The van der Waals surface area contributed by atoms with Crippen molar-refractivity contribution in [2.75, 3.05) is 26.2 Å². The molecule has 2 saturated heterocycles. The number of fused-ring (bicyclic) bond motifs is 1. The Kier molecular flexibility index (Phi) is 5.02. The molecule has 2 N–H and O–H groups in total. The first-order chi connectivity index (χ1) is 15.0. The van der Waals surface area contributed by atoms with E-state index in [0.717, 1.165) is 25.9 Å². The van der Waals surface area contributed by atoms with Gasteiger partial charge in [0.25, 0.3) is 5.91 Å². The molecule has 7 nitrogen and oxygen atoms in total. The number of rotatable bonds is 4. The Bertz CT molecular complexity index is 1120. The molecule has 0 bridgehead atoms. The zero-order valence-electron chi connectivity index (χ0n) is 17.1. The van der Waals surface area contributed by atoms with Gasteiger partial charge >= 0.3 is 0 Å². The summed E-state index contributed by atoms with van der Waals surface area (Å²) in [6.45, 7) is 2.43. The van der Waals surface area contributed by atoms with Gasteiger partial charge in [0.15, 0.2) is 5.76 Å². The lowest BCUT2D eigenvalue weighted by atomic mass is 9.99. The molecular formula is C23H24FN3O4. The summed E-state index contributed by atoms with van der Waals surface area (Å²) in [5.41, 5.74) is 1.77. The van der Waals surface area contributed by atoms with Crippen molar-refractivity contribution in [3.05, 3.63) is 41.6 Å². The number of likely N-dealkylation sites (tertiary alicyclic amines) is 2. The first-order valence-electron chi connectivity index (χ1n) is 10.6. The molecule has 0 aliphatic carbocycles.